The van der Waals surface area contributed by atoms with Crippen molar-refractivity contribution in [1.82, 2.24) is 0 Å². The van der Waals surface area contributed by atoms with E-state index in [1.165, 1.54) is 0 Å². The van der Waals surface area contributed by atoms with Gasteiger partial charge in [-0.25, -0.2) is 0 Å². The van der Waals surface area contributed by atoms with Gasteiger partial charge in [-0.2, -0.15) is 13.2 Å². The highest BCUT2D eigenvalue weighted by Crippen LogP contribution is 2.29. The molecule has 0 heterocycles. The fourth-order valence-electron chi connectivity index (χ4n) is 2.04. The molecule has 1 rings (SSSR count). The molecule has 0 aromatic carbocycles. The van der Waals surface area contributed by atoms with E-state index >= 15 is 0 Å². The van der Waals surface area contributed by atoms with Crippen LogP contribution in [0.15, 0.2) is 11.6 Å². The van der Waals surface area contributed by atoms with E-state index in [0.717, 1.165) is 31.3 Å². The fraction of sp³-hybridized carbons (Fsp3) is 0.692. The van der Waals surface area contributed by atoms with Gasteiger partial charge < -0.3 is 0 Å². The molecule has 1 aliphatic carbocycles. The summed E-state index contributed by atoms with van der Waals surface area (Å²) >= 11 is 0. The molecular formula is C13H17F3. The molecule has 1 unspecified atom stereocenters. The van der Waals surface area contributed by atoms with Crippen molar-refractivity contribution in [1.29, 1.82) is 0 Å². The largest absolute Gasteiger partial charge is 0.389 e. The SMILES string of the molecule is C#CC1=CCC(CCCCC(F)(F)F)CC1. The molecular weight excluding hydrogens is 213 g/mol. The average molecular weight is 230 g/mol. The summed E-state index contributed by atoms with van der Waals surface area (Å²) in [7, 11) is 0. The Morgan fingerprint density at radius 2 is 2.12 bits per heavy atom. The zero-order valence-corrected chi connectivity index (χ0v) is 9.32. The van der Waals surface area contributed by atoms with Crippen LogP contribution in [0, 0.1) is 18.3 Å². The smallest absolute Gasteiger partial charge is 0.171 e. The maximum Gasteiger partial charge on any atom is 0.389 e. The van der Waals surface area contributed by atoms with Gasteiger partial charge in [0.05, 0.1) is 0 Å². The van der Waals surface area contributed by atoms with Gasteiger partial charge in [0.1, 0.15) is 0 Å². The third-order valence-electron chi connectivity index (χ3n) is 3.03. The normalized spacial score (nSPS) is 21.4. The predicted octanol–water partition coefficient (Wildman–Crippen LogP) is 4.47. The number of allylic oxidation sites excluding steroid dienone is 2. The second-order valence-electron chi connectivity index (χ2n) is 4.38. The molecule has 0 radical (unpaired) electrons. The molecule has 0 amide bonds. The first-order valence-corrected chi connectivity index (χ1v) is 5.73. The second-order valence-corrected chi connectivity index (χ2v) is 4.38. The highest BCUT2D eigenvalue weighted by molar-refractivity contribution is 5.26. The first-order chi connectivity index (χ1) is 7.51. The van der Waals surface area contributed by atoms with Crippen LogP contribution < -0.4 is 0 Å². The monoisotopic (exact) mass is 230 g/mol. The third-order valence-corrected chi connectivity index (χ3v) is 3.03. The van der Waals surface area contributed by atoms with E-state index in [0.29, 0.717) is 12.3 Å². The summed E-state index contributed by atoms with van der Waals surface area (Å²) in [4.78, 5) is 0. The van der Waals surface area contributed by atoms with E-state index in [-0.39, 0.29) is 6.42 Å². The van der Waals surface area contributed by atoms with Crippen LogP contribution in [0.4, 0.5) is 13.2 Å². The van der Waals surface area contributed by atoms with Gasteiger partial charge in [0.2, 0.25) is 0 Å². The molecule has 0 aliphatic heterocycles. The van der Waals surface area contributed by atoms with Gasteiger partial charge in [0.15, 0.2) is 0 Å². The molecule has 16 heavy (non-hydrogen) atoms. The fourth-order valence-corrected chi connectivity index (χ4v) is 2.04. The zero-order valence-electron chi connectivity index (χ0n) is 9.32. The Hall–Kier alpha value is -0.910. The lowest BCUT2D eigenvalue weighted by atomic mass is 9.86. The molecule has 0 bridgehead atoms. The van der Waals surface area contributed by atoms with Crippen molar-refractivity contribution in [3.63, 3.8) is 0 Å². The van der Waals surface area contributed by atoms with Crippen LogP contribution in [0.1, 0.15) is 44.9 Å². The van der Waals surface area contributed by atoms with Crippen molar-refractivity contribution < 1.29 is 13.2 Å². The van der Waals surface area contributed by atoms with Crippen LogP contribution >= 0.6 is 0 Å². The Balaban J connectivity index is 2.12. The molecule has 0 spiro atoms. The molecule has 0 fully saturated rings. The van der Waals surface area contributed by atoms with E-state index in [2.05, 4.69) is 12.0 Å². The number of hydrogen-bond donors (Lipinski definition) is 0. The van der Waals surface area contributed by atoms with Crippen LogP contribution in [-0.2, 0) is 0 Å². The lowest BCUT2D eigenvalue weighted by Crippen LogP contribution is -2.08. The minimum Gasteiger partial charge on any atom is -0.171 e. The zero-order chi connectivity index (χ0) is 12.0. The highest BCUT2D eigenvalue weighted by Gasteiger charge is 2.26. The second kappa shape index (κ2) is 5.98. The number of halogens is 3. The van der Waals surface area contributed by atoms with Gasteiger partial charge in [0.25, 0.3) is 0 Å². The van der Waals surface area contributed by atoms with Crippen LogP contribution in [0.5, 0.6) is 0 Å². The Bertz CT molecular complexity index is 281. The number of hydrogen-bond acceptors (Lipinski definition) is 0. The van der Waals surface area contributed by atoms with Crippen molar-refractivity contribution in [2.45, 2.75) is 51.1 Å². The van der Waals surface area contributed by atoms with Crippen molar-refractivity contribution in [2.24, 2.45) is 5.92 Å². The minimum atomic E-state index is -4.00. The first kappa shape index (κ1) is 13.2. The van der Waals surface area contributed by atoms with E-state index in [4.69, 9.17) is 6.42 Å². The number of unbranched alkanes of at least 4 members (excludes halogenated alkanes) is 1. The molecule has 0 saturated heterocycles. The lowest BCUT2D eigenvalue weighted by Gasteiger charge is -2.19. The summed E-state index contributed by atoms with van der Waals surface area (Å²) in [5.74, 6) is 3.16. The maximum absolute atomic E-state index is 11.9. The van der Waals surface area contributed by atoms with E-state index in [9.17, 15) is 13.2 Å². The topological polar surface area (TPSA) is 0 Å². The van der Waals surface area contributed by atoms with Crippen LogP contribution in [0.3, 0.4) is 0 Å². The molecule has 0 aromatic heterocycles. The molecule has 90 valence electrons. The van der Waals surface area contributed by atoms with Crippen LogP contribution in [-0.4, -0.2) is 6.18 Å². The number of rotatable bonds is 4. The Labute approximate surface area is 94.9 Å². The first-order valence-electron chi connectivity index (χ1n) is 5.73. The summed E-state index contributed by atoms with van der Waals surface area (Å²) in [6.45, 7) is 0. The van der Waals surface area contributed by atoms with Crippen molar-refractivity contribution in [2.75, 3.05) is 0 Å². The number of alkyl halides is 3. The van der Waals surface area contributed by atoms with Crippen LogP contribution in [0.25, 0.3) is 0 Å². The molecule has 0 aromatic rings. The third kappa shape index (κ3) is 5.25. The van der Waals surface area contributed by atoms with Gasteiger partial charge in [-0.15, -0.1) is 6.42 Å². The van der Waals surface area contributed by atoms with Crippen molar-refractivity contribution in [3.05, 3.63) is 11.6 Å². The average Bonchev–Trinajstić information content (AvgIpc) is 2.24. The quantitative estimate of drug-likeness (QED) is 0.493. The van der Waals surface area contributed by atoms with Gasteiger partial charge in [-0.1, -0.05) is 24.8 Å². The summed E-state index contributed by atoms with van der Waals surface area (Å²) in [6.07, 6.45) is 7.39. The van der Waals surface area contributed by atoms with Crippen molar-refractivity contribution in [3.8, 4) is 12.3 Å². The molecule has 3 heteroatoms. The Morgan fingerprint density at radius 1 is 1.38 bits per heavy atom. The Morgan fingerprint density at radius 3 is 2.62 bits per heavy atom. The summed E-state index contributed by atoms with van der Waals surface area (Å²) < 4.78 is 35.7. The predicted molar refractivity (Wildman–Crippen MR) is 58.8 cm³/mol. The van der Waals surface area contributed by atoms with E-state index in [1.54, 1.807) is 0 Å². The maximum atomic E-state index is 11.9. The summed E-state index contributed by atoms with van der Waals surface area (Å²) in [5, 5.41) is 0. The number of terminal acetylenes is 1. The molecule has 0 saturated carbocycles. The van der Waals surface area contributed by atoms with Gasteiger partial charge in [-0.3, -0.25) is 0 Å². The summed E-state index contributed by atoms with van der Waals surface area (Å²) in [6, 6.07) is 0. The highest BCUT2D eigenvalue weighted by atomic mass is 19.4. The summed E-state index contributed by atoms with van der Waals surface area (Å²) in [5.41, 5.74) is 1.05. The lowest BCUT2D eigenvalue weighted by molar-refractivity contribution is -0.135. The van der Waals surface area contributed by atoms with Crippen molar-refractivity contribution >= 4 is 0 Å². The van der Waals surface area contributed by atoms with Crippen LogP contribution in [0.2, 0.25) is 0 Å². The van der Waals surface area contributed by atoms with Gasteiger partial charge >= 0.3 is 6.18 Å². The standard InChI is InChI=1S/C13H17F3/c1-2-11-6-8-12(9-7-11)5-3-4-10-13(14,15)16/h1,6,12H,3-5,7-10H2. The van der Waals surface area contributed by atoms with Gasteiger partial charge in [-0.05, 0) is 37.2 Å². The molecule has 0 nitrogen and oxygen atoms in total. The molecule has 1 aliphatic rings. The minimum absolute atomic E-state index is 0.256. The van der Waals surface area contributed by atoms with E-state index < -0.39 is 12.6 Å². The van der Waals surface area contributed by atoms with E-state index in [1.807, 2.05) is 0 Å². The Kier molecular flexibility index (Phi) is 4.92. The molecule has 1 atom stereocenters. The van der Waals surface area contributed by atoms with Gasteiger partial charge in [0, 0.05) is 6.42 Å². The molecule has 0 N–H and O–H groups in total.